The largest absolute Gasteiger partial charge is 0.337 e. The minimum Gasteiger partial charge on any atom is -0.337 e. The van der Waals surface area contributed by atoms with Gasteiger partial charge in [-0.2, -0.15) is 0 Å². The maximum absolute atomic E-state index is 13.5. The van der Waals surface area contributed by atoms with E-state index in [1.165, 1.54) is 4.90 Å². The maximum atomic E-state index is 13.5. The first kappa shape index (κ1) is 13.2. The fourth-order valence-corrected chi connectivity index (χ4v) is 1.74. The third kappa shape index (κ3) is 3.16. The van der Waals surface area contributed by atoms with E-state index in [4.69, 9.17) is 0 Å². The van der Waals surface area contributed by atoms with E-state index in [1.54, 1.807) is 19.2 Å². The molecule has 0 heterocycles. The molecule has 0 bridgehead atoms. The van der Waals surface area contributed by atoms with Gasteiger partial charge < -0.3 is 4.90 Å². The summed E-state index contributed by atoms with van der Waals surface area (Å²) in [7, 11) is 1.55. The predicted molar refractivity (Wildman–Crippen MR) is 67.4 cm³/mol. The molecule has 1 amide bonds. The third-order valence-corrected chi connectivity index (χ3v) is 2.71. The number of nitrogens with zero attached hydrogens (tertiary/aromatic N) is 1. The molecule has 2 rings (SSSR count). The van der Waals surface area contributed by atoms with Crippen molar-refractivity contribution >= 4 is 5.91 Å². The van der Waals surface area contributed by atoms with E-state index in [-0.39, 0.29) is 5.56 Å². The van der Waals surface area contributed by atoms with Crippen LogP contribution >= 0.6 is 0 Å². The van der Waals surface area contributed by atoms with Crippen LogP contribution in [0.3, 0.4) is 0 Å². The molecule has 4 heteroatoms. The number of amides is 1. The van der Waals surface area contributed by atoms with Gasteiger partial charge in [0.15, 0.2) is 0 Å². The van der Waals surface area contributed by atoms with E-state index in [0.29, 0.717) is 6.54 Å². The van der Waals surface area contributed by atoms with Crippen LogP contribution in [0.4, 0.5) is 8.78 Å². The summed E-state index contributed by atoms with van der Waals surface area (Å²) in [5.74, 6) is -1.91. The number of halogens is 2. The van der Waals surface area contributed by atoms with Gasteiger partial charge in [0, 0.05) is 13.6 Å². The van der Waals surface area contributed by atoms with Crippen LogP contribution < -0.4 is 0 Å². The van der Waals surface area contributed by atoms with Gasteiger partial charge in [-0.05, 0) is 29.8 Å². The highest BCUT2D eigenvalue weighted by molar-refractivity contribution is 5.94. The average Bonchev–Trinajstić information content (AvgIpc) is 2.42. The Kier molecular flexibility index (Phi) is 3.90. The van der Waals surface area contributed by atoms with Gasteiger partial charge in [0.25, 0.3) is 5.91 Å². The second kappa shape index (κ2) is 5.61. The summed E-state index contributed by atoms with van der Waals surface area (Å²) in [6, 6.07) is 12.8. The number of hydrogen-bond acceptors (Lipinski definition) is 1. The van der Waals surface area contributed by atoms with E-state index in [1.807, 2.05) is 12.1 Å². The van der Waals surface area contributed by atoms with Gasteiger partial charge in [0.05, 0.1) is 5.56 Å². The predicted octanol–water partition coefficient (Wildman–Crippen LogP) is 3.04. The molecular formula is C15H12F2NO. The normalized spacial score (nSPS) is 10.3. The second-order valence-electron chi connectivity index (χ2n) is 4.19. The van der Waals surface area contributed by atoms with Crippen molar-refractivity contribution in [1.82, 2.24) is 4.90 Å². The molecule has 19 heavy (non-hydrogen) atoms. The molecule has 1 radical (unpaired) electrons. The van der Waals surface area contributed by atoms with Crippen molar-refractivity contribution in [2.24, 2.45) is 0 Å². The Morgan fingerprint density at radius 2 is 1.89 bits per heavy atom. The standard InChI is InChI=1S/C15H12F2NO/c1-18(10-11-5-3-2-4-6-11)15(19)13-9-12(16)7-8-14(13)17/h3-9H,10H2,1H3. The van der Waals surface area contributed by atoms with E-state index in [0.717, 1.165) is 23.8 Å². The lowest BCUT2D eigenvalue weighted by Gasteiger charge is -2.17. The number of carbonyl (C=O) groups excluding carboxylic acids is 1. The Balaban J connectivity index is 2.17. The number of carbonyl (C=O) groups is 1. The molecule has 2 nitrogen and oxygen atoms in total. The Hall–Kier alpha value is -2.23. The molecule has 0 aromatic heterocycles. The smallest absolute Gasteiger partial charge is 0.256 e. The number of hydrogen-bond donors (Lipinski definition) is 0. The van der Waals surface area contributed by atoms with Crippen molar-refractivity contribution in [3.63, 3.8) is 0 Å². The molecule has 0 aliphatic rings. The van der Waals surface area contributed by atoms with E-state index >= 15 is 0 Å². The van der Waals surface area contributed by atoms with Crippen LogP contribution in [0.5, 0.6) is 0 Å². The minimum atomic E-state index is -0.723. The molecule has 0 aliphatic carbocycles. The zero-order valence-electron chi connectivity index (χ0n) is 10.4. The lowest BCUT2D eigenvalue weighted by molar-refractivity contribution is 0.0780. The first-order chi connectivity index (χ1) is 9.08. The summed E-state index contributed by atoms with van der Waals surface area (Å²) < 4.78 is 26.6. The highest BCUT2D eigenvalue weighted by atomic mass is 19.1. The van der Waals surface area contributed by atoms with Gasteiger partial charge in [0.1, 0.15) is 11.6 Å². The lowest BCUT2D eigenvalue weighted by Crippen LogP contribution is -2.27. The first-order valence-electron chi connectivity index (χ1n) is 5.73. The molecule has 0 N–H and O–H groups in total. The Morgan fingerprint density at radius 3 is 2.58 bits per heavy atom. The highest BCUT2D eigenvalue weighted by Crippen LogP contribution is 2.13. The van der Waals surface area contributed by atoms with Gasteiger partial charge in [-0.25, -0.2) is 8.78 Å². The van der Waals surface area contributed by atoms with Gasteiger partial charge in [0.2, 0.25) is 0 Å². The zero-order chi connectivity index (χ0) is 13.8. The van der Waals surface area contributed by atoms with Crippen molar-refractivity contribution in [2.45, 2.75) is 6.54 Å². The summed E-state index contributed by atoms with van der Waals surface area (Å²) in [6.07, 6.45) is 0. The van der Waals surface area contributed by atoms with Gasteiger partial charge >= 0.3 is 0 Å². The molecule has 0 aliphatic heterocycles. The fraction of sp³-hybridized carbons (Fsp3) is 0.133. The zero-order valence-corrected chi connectivity index (χ0v) is 10.4. The summed E-state index contributed by atoms with van der Waals surface area (Å²) >= 11 is 0. The van der Waals surface area contributed by atoms with Crippen molar-refractivity contribution < 1.29 is 13.6 Å². The molecule has 97 valence electrons. The first-order valence-corrected chi connectivity index (χ1v) is 5.73. The summed E-state index contributed by atoms with van der Waals surface area (Å²) in [5, 5.41) is 0. The van der Waals surface area contributed by atoms with Crippen molar-refractivity contribution in [2.75, 3.05) is 7.05 Å². The van der Waals surface area contributed by atoms with Crippen molar-refractivity contribution in [3.05, 3.63) is 71.3 Å². The van der Waals surface area contributed by atoms with Crippen LogP contribution in [-0.4, -0.2) is 17.9 Å². The molecule has 0 atom stereocenters. The van der Waals surface area contributed by atoms with Crippen LogP contribution in [0.25, 0.3) is 0 Å². The van der Waals surface area contributed by atoms with Gasteiger partial charge in [-0.1, -0.05) is 24.3 Å². The number of benzene rings is 2. The van der Waals surface area contributed by atoms with Crippen LogP contribution in [0.15, 0.2) is 42.5 Å². The molecule has 0 spiro atoms. The van der Waals surface area contributed by atoms with Gasteiger partial charge in [-0.3, -0.25) is 4.79 Å². The molecule has 0 unspecified atom stereocenters. The second-order valence-corrected chi connectivity index (χ2v) is 4.19. The summed E-state index contributed by atoms with van der Waals surface area (Å²) in [5.41, 5.74) is 0.636. The summed E-state index contributed by atoms with van der Waals surface area (Å²) in [4.78, 5) is 13.4. The minimum absolute atomic E-state index is 0.259. The molecule has 2 aromatic rings. The maximum Gasteiger partial charge on any atom is 0.256 e. The number of rotatable bonds is 3. The lowest BCUT2D eigenvalue weighted by atomic mass is 10.1. The van der Waals surface area contributed by atoms with Crippen LogP contribution in [0.1, 0.15) is 15.9 Å². The molecule has 0 fully saturated rings. The molecule has 0 saturated carbocycles. The van der Waals surface area contributed by atoms with Crippen molar-refractivity contribution in [3.8, 4) is 0 Å². The SMILES string of the molecule is CN(Cc1cc[c]cc1)C(=O)c1cc(F)ccc1F. The van der Waals surface area contributed by atoms with Crippen LogP contribution in [-0.2, 0) is 6.54 Å². The Bertz CT molecular complexity index is 584. The van der Waals surface area contributed by atoms with E-state index in [9.17, 15) is 13.6 Å². The topological polar surface area (TPSA) is 20.3 Å². The fourth-order valence-electron chi connectivity index (χ4n) is 1.74. The van der Waals surface area contributed by atoms with Crippen LogP contribution in [0, 0.1) is 17.7 Å². The van der Waals surface area contributed by atoms with E-state index < -0.39 is 17.5 Å². The summed E-state index contributed by atoms with van der Waals surface area (Å²) in [6.45, 7) is 0.323. The Labute approximate surface area is 110 Å². The quantitative estimate of drug-likeness (QED) is 0.830. The van der Waals surface area contributed by atoms with E-state index in [2.05, 4.69) is 6.07 Å². The molecular weight excluding hydrogens is 248 g/mol. The van der Waals surface area contributed by atoms with Crippen LogP contribution in [0.2, 0.25) is 0 Å². The molecule has 0 saturated heterocycles. The van der Waals surface area contributed by atoms with Crippen molar-refractivity contribution in [1.29, 1.82) is 0 Å². The Morgan fingerprint density at radius 1 is 1.21 bits per heavy atom. The monoisotopic (exact) mass is 260 g/mol. The average molecular weight is 260 g/mol. The molecule has 2 aromatic carbocycles. The van der Waals surface area contributed by atoms with Gasteiger partial charge in [-0.15, -0.1) is 0 Å². The highest BCUT2D eigenvalue weighted by Gasteiger charge is 2.17. The third-order valence-electron chi connectivity index (χ3n) is 2.71.